The zero-order valence-electron chi connectivity index (χ0n) is 12.6. The minimum atomic E-state index is -0.366. The fraction of sp³-hybridized carbons (Fsp3) is 0.529. The molecule has 0 spiro atoms. The second-order valence-corrected chi connectivity index (χ2v) is 5.69. The second kappa shape index (κ2) is 6.31. The summed E-state index contributed by atoms with van der Waals surface area (Å²) in [5.41, 5.74) is 1.94. The highest BCUT2D eigenvalue weighted by Crippen LogP contribution is 2.30. The van der Waals surface area contributed by atoms with Crippen LogP contribution in [0.5, 0.6) is 0 Å². The normalized spacial score (nSPS) is 25.9. The van der Waals surface area contributed by atoms with E-state index >= 15 is 0 Å². The van der Waals surface area contributed by atoms with E-state index in [2.05, 4.69) is 26.0 Å². The van der Waals surface area contributed by atoms with Gasteiger partial charge in [0.15, 0.2) is 0 Å². The summed E-state index contributed by atoms with van der Waals surface area (Å²) < 4.78 is 5.86. The smallest absolute Gasteiger partial charge is 0.129 e. The monoisotopic (exact) mass is 273 g/mol. The van der Waals surface area contributed by atoms with Crippen LogP contribution in [0.4, 0.5) is 0 Å². The first-order chi connectivity index (χ1) is 9.51. The standard InChI is InChI=1S/C17H23NO2/c1-13(19)9-11-17(3)16(10-12-20-17)18-14(2)15-7-5-4-6-8-15/h4-8,14H,9-12H2,1-3H3/t14-,17+/m1/s1. The zero-order chi connectivity index (χ0) is 14.6. The molecule has 3 heteroatoms. The number of hydrogen-bond acceptors (Lipinski definition) is 3. The quantitative estimate of drug-likeness (QED) is 0.819. The van der Waals surface area contributed by atoms with Gasteiger partial charge in [-0.15, -0.1) is 0 Å². The van der Waals surface area contributed by atoms with Gasteiger partial charge in [0.2, 0.25) is 0 Å². The third-order valence-corrected chi connectivity index (χ3v) is 3.96. The van der Waals surface area contributed by atoms with Crippen molar-refractivity contribution >= 4 is 11.5 Å². The van der Waals surface area contributed by atoms with E-state index in [1.54, 1.807) is 6.92 Å². The van der Waals surface area contributed by atoms with Crippen LogP contribution in [-0.2, 0) is 9.53 Å². The Hall–Kier alpha value is -1.48. The number of hydrogen-bond donors (Lipinski definition) is 0. The van der Waals surface area contributed by atoms with Crippen LogP contribution in [0.3, 0.4) is 0 Å². The lowest BCUT2D eigenvalue weighted by molar-refractivity contribution is -0.117. The molecular formula is C17H23NO2. The number of ketones is 1. The molecule has 1 aliphatic rings. The number of carbonyl (C=O) groups is 1. The zero-order valence-corrected chi connectivity index (χ0v) is 12.6. The van der Waals surface area contributed by atoms with Gasteiger partial charge in [0.05, 0.1) is 12.6 Å². The molecule has 20 heavy (non-hydrogen) atoms. The molecule has 0 radical (unpaired) electrons. The van der Waals surface area contributed by atoms with Crippen LogP contribution < -0.4 is 0 Å². The molecule has 0 aliphatic carbocycles. The number of aliphatic imine (C=N–C) groups is 1. The Morgan fingerprint density at radius 1 is 1.40 bits per heavy atom. The van der Waals surface area contributed by atoms with Crippen LogP contribution in [0.2, 0.25) is 0 Å². The highest BCUT2D eigenvalue weighted by atomic mass is 16.5. The number of Topliss-reactive ketones (excluding diaryl/α,β-unsaturated/α-hetero) is 1. The lowest BCUT2D eigenvalue weighted by Gasteiger charge is -2.24. The Bertz CT molecular complexity index is 495. The largest absolute Gasteiger partial charge is 0.369 e. The Balaban J connectivity index is 2.13. The molecule has 2 atom stereocenters. The van der Waals surface area contributed by atoms with Gasteiger partial charge in [-0.3, -0.25) is 4.99 Å². The van der Waals surface area contributed by atoms with E-state index < -0.39 is 0 Å². The topological polar surface area (TPSA) is 38.7 Å². The summed E-state index contributed by atoms with van der Waals surface area (Å²) in [7, 11) is 0. The van der Waals surface area contributed by atoms with Crippen molar-refractivity contribution in [1.29, 1.82) is 0 Å². The molecule has 3 nitrogen and oxygen atoms in total. The summed E-state index contributed by atoms with van der Waals surface area (Å²) in [6.45, 7) is 6.49. The van der Waals surface area contributed by atoms with Gasteiger partial charge in [-0.25, -0.2) is 0 Å². The minimum Gasteiger partial charge on any atom is -0.369 e. The molecule has 1 aliphatic heterocycles. The van der Waals surface area contributed by atoms with Crippen molar-refractivity contribution in [2.75, 3.05) is 6.61 Å². The number of rotatable bonds is 5. The molecule has 1 aromatic carbocycles. The first-order valence-corrected chi connectivity index (χ1v) is 7.27. The van der Waals surface area contributed by atoms with Crippen molar-refractivity contribution in [1.82, 2.24) is 0 Å². The molecule has 0 unspecified atom stereocenters. The fourth-order valence-electron chi connectivity index (χ4n) is 2.59. The summed E-state index contributed by atoms with van der Waals surface area (Å²) in [4.78, 5) is 16.1. The van der Waals surface area contributed by atoms with Crippen molar-refractivity contribution in [3.8, 4) is 0 Å². The molecule has 0 aromatic heterocycles. The van der Waals surface area contributed by atoms with Crippen LogP contribution in [0.1, 0.15) is 51.6 Å². The number of benzene rings is 1. The Morgan fingerprint density at radius 3 is 2.75 bits per heavy atom. The molecule has 0 N–H and O–H groups in total. The molecule has 1 aromatic rings. The van der Waals surface area contributed by atoms with Gasteiger partial charge in [0.1, 0.15) is 11.4 Å². The van der Waals surface area contributed by atoms with Crippen LogP contribution in [-0.4, -0.2) is 23.7 Å². The molecule has 1 heterocycles. The van der Waals surface area contributed by atoms with Gasteiger partial charge in [-0.2, -0.15) is 0 Å². The van der Waals surface area contributed by atoms with Gasteiger partial charge < -0.3 is 9.53 Å². The highest BCUT2D eigenvalue weighted by molar-refractivity contribution is 5.94. The third kappa shape index (κ3) is 3.54. The lowest BCUT2D eigenvalue weighted by atomic mass is 9.93. The van der Waals surface area contributed by atoms with E-state index in [4.69, 9.17) is 9.73 Å². The number of nitrogens with zero attached hydrogens (tertiary/aromatic N) is 1. The summed E-state index contributed by atoms with van der Waals surface area (Å²) in [5, 5.41) is 0. The molecular weight excluding hydrogens is 250 g/mol. The summed E-state index contributed by atoms with van der Waals surface area (Å²) >= 11 is 0. The van der Waals surface area contributed by atoms with E-state index in [0.29, 0.717) is 13.0 Å². The molecule has 1 saturated heterocycles. The Kier molecular flexibility index (Phi) is 4.71. The van der Waals surface area contributed by atoms with E-state index in [1.165, 1.54) is 5.56 Å². The molecule has 0 amide bonds. The van der Waals surface area contributed by atoms with Crippen molar-refractivity contribution < 1.29 is 9.53 Å². The van der Waals surface area contributed by atoms with Gasteiger partial charge >= 0.3 is 0 Å². The fourth-order valence-corrected chi connectivity index (χ4v) is 2.59. The Labute approximate surface area is 121 Å². The Morgan fingerprint density at radius 2 is 2.10 bits per heavy atom. The maximum atomic E-state index is 11.2. The van der Waals surface area contributed by atoms with Crippen LogP contribution in [0.15, 0.2) is 35.3 Å². The van der Waals surface area contributed by atoms with Gasteiger partial charge in [0.25, 0.3) is 0 Å². The van der Waals surface area contributed by atoms with Crippen LogP contribution >= 0.6 is 0 Å². The van der Waals surface area contributed by atoms with Crippen molar-refractivity contribution in [3.63, 3.8) is 0 Å². The van der Waals surface area contributed by atoms with Crippen LogP contribution in [0, 0.1) is 0 Å². The number of ether oxygens (including phenoxy) is 1. The van der Waals surface area contributed by atoms with Gasteiger partial charge in [-0.05, 0) is 32.8 Å². The highest BCUT2D eigenvalue weighted by Gasteiger charge is 2.36. The van der Waals surface area contributed by atoms with E-state index in [-0.39, 0.29) is 17.4 Å². The molecule has 0 bridgehead atoms. The van der Waals surface area contributed by atoms with E-state index in [9.17, 15) is 4.79 Å². The predicted molar refractivity (Wildman–Crippen MR) is 81.2 cm³/mol. The third-order valence-electron chi connectivity index (χ3n) is 3.96. The average molecular weight is 273 g/mol. The van der Waals surface area contributed by atoms with E-state index in [1.807, 2.05) is 18.2 Å². The van der Waals surface area contributed by atoms with E-state index in [0.717, 1.165) is 18.6 Å². The van der Waals surface area contributed by atoms with Crippen molar-refractivity contribution in [2.45, 2.75) is 51.7 Å². The molecule has 2 rings (SSSR count). The average Bonchev–Trinajstić information content (AvgIpc) is 2.79. The maximum absolute atomic E-state index is 11.2. The predicted octanol–water partition coefficient (Wildman–Crippen LogP) is 3.74. The second-order valence-electron chi connectivity index (χ2n) is 5.69. The van der Waals surface area contributed by atoms with Crippen LogP contribution in [0.25, 0.3) is 0 Å². The first kappa shape index (κ1) is 14.9. The van der Waals surface area contributed by atoms with Crippen molar-refractivity contribution in [3.05, 3.63) is 35.9 Å². The van der Waals surface area contributed by atoms with Crippen molar-refractivity contribution in [2.24, 2.45) is 4.99 Å². The molecule has 1 fully saturated rings. The summed E-state index contributed by atoms with van der Waals surface area (Å²) in [6.07, 6.45) is 2.14. The summed E-state index contributed by atoms with van der Waals surface area (Å²) in [5.74, 6) is 0.206. The lowest BCUT2D eigenvalue weighted by Crippen LogP contribution is -2.32. The van der Waals surface area contributed by atoms with Gasteiger partial charge in [0, 0.05) is 18.6 Å². The maximum Gasteiger partial charge on any atom is 0.129 e. The molecule has 108 valence electrons. The SMILES string of the molecule is CC(=O)CC[C@]1(C)OCCC1=N[C@H](C)c1ccccc1. The molecule has 0 saturated carbocycles. The summed E-state index contributed by atoms with van der Waals surface area (Å²) in [6, 6.07) is 10.4. The first-order valence-electron chi connectivity index (χ1n) is 7.27. The number of carbonyl (C=O) groups excluding carboxylic acids is 1. The van der Waals surface area contributed by atoms with Gasteiger partial charge in [-0.1, -0.05) is 30.3 Å². The minimum absolute atomic E-state index is 0.129.